The lowest BCUT2D eigenvalue weighted by Gasteiger charge is -2.09. The minimum Gasteiger partial charge on any atom is -0.231 e. The van der Waals surface area contributed by atoms with Gasteiger partial charge in [0.25, 0.3) is 0 Å². The average Bonchev–Trinajstić information content (AvgIpc) is 3.14. The number of aromatic nitrogens is 2. The van der Waals surface area contributed by atoms with Crippen LogP contribution < -0.4 is 5.14 Å². The molecular formula is C22H14Cl2N4O2S. The van der Waals surface area contributed by atoms with Gasteiger partial charge in [-0.25, -0.2) is 18.2 Å². The Bertz CT molecular complexity index is 1400. The quantitative estimate of drug-likeness (QED) is 0.453. The van der Waals surface area contributed by atoms with E-state index in [2.05, 4.69) is 11.2 Å². The summed E-state index contributed by atoms with van der Waals surface area (Å²) in [5.41, 5.74) is 3.39. The monoisotopic (exact) mass is 468 g/mol. The van der Waals surface area contributed by atoms with Gasteiger partial charge in [0.05, 0.1) is 16.3 Å². The van der Waals surface area contributed by atoms with Crippen LogP contribution in [0.2, 0.25) is 10.0 Å². The third-order valence-electron chi connectivity index (χ3n) is 4.64. The van der Waals surface area contributed by atoms with Crippen molar-refractivity contribution in [2.24, 2.45) is 5.14 Å². The molecule has 2 N–H and O–H groups in total. The van der Waals surface area contributed by atoms with Gasteiger partial charge in [0.2, 0.25) is 10.0 Å². The van der Waals surface area contributed by atoms with E-state index >= 15 is 0 Å². The lowest BCUT2D eigenvalue weighted by Crippen LogP contribution is -2.12. The van der Waals surface area contributed by atoms with Crippen molar-refractivity contribution in [3.05, 3.63) is 88.4 Å². The van der Waals surface area contributed by atoms with Gasteiger partial charge in [0, 0.05) is 21.2 Å². The molecule has 0 bridgehead atoms. The Balaban J connectivity index is 1.98. The van der Waals surface area contributed by atoms with Crippen LogP contribution >= 0.6 is 23.2 Å². The van der Waals surface area contributed by atoms with Crippen LogP contribution in [0, 0.1) is 11.3 Å². The zero-order valence-corrected chi connectivity index (χ0v) is 18.2. The van der Waals surface area contributed by atoms with E-state index in [1.54, 1.807) is 65.3 Å². The number of hydrogen-bond acceptors (Lipinski definition) is 4. The molecule has 0 unspecified atom stereocenters. The molecule has 1 heterocycles. The van der Waals surface area contributed by atoms with E-state index in [4.69, 9.17) is 28.3 Å². The summed E-state index contributed by atoms with van der Waals surface area (Å²) in [6.07, 6.45) is 0. The summed E-state index contributed by atoms with van der Waals surface area (Å²) in [5, 5.41) is 21.0. The molecule has 0 saturated heterocycles. The molecular weight excluding hydrogens is 455 g/mol. The first-order valence-corrected chi connectivity index (χ1v) is 11.3. The van der Waals surface area contributed by atoms with Crippen LogP contribution in [0.15, 0.2) is 77.7 Å². The van der Waals surface area contributed by atoms with Gasteiger partial charge in [-0.05, 0) is 48.5 Å². The summed E-state index contributed by atoms with van der Waals surface area (Å²) in [5.74, 6) is 0. The minimum atomic E-state index is -3.83. The third kappa shape index (κ3) is 4.20. The maximum atomic E-state index is 11.6. The van der Waals surface area contributed by atoms with Crippen molar-refractivity contribution in [3.63, 3.8) is 0 Å². The van der Waals surface area contributed by atoms with Crippen molar-refractivity contribution < 1.29 is 8.42 Å². The van der Waals surface area contributed by atoms with Crippen molar-refractivity contribution in [3.8, 4) is 34.3 Å². The summed E-state index contributed by atoms with van der Waals surface area (Å²) < 4.78 is 24.8. The highest BCUT2D eigenvalue weighted by atomic mass is 35.5. The van der Waals surface area contributed by atoms with Crippen LogP contribution in [0.3, 0.4) is 0 Å². The maximum absolute atomic E-state index is 11.6. The van der Waals surface area contributed by atoms with Crippen molar-refractivity contribution in [1.82, 2.24) is 9.78 Å². The molecule has 0 fully saturated rings. The fourth-order valence-corrected chi connectivity index (χ4v) is 3.94. The summed E-state index contributed by atoms with van der Waals surface area (Å²) in [7, 11) is -3.83. The topological polar surface area (TPSA) is 102 Å². The van der Waals surface area contributed by atoms with Crippen LogP contribution in [0.5, 0.6) is 0 Å². The third-order valence-corrected chi connectivity index (χ3v) is 6.08. The van der Waals surface area contributed by atoms with E-state index in [-0.39, 0.29) is 4.90 Å². The summed E-state index contributed by atoms with van der Waals surface area (Å²) in [6, 6.07) is 22.2. The largest absolute Gasteiger partial charge is 0.238 e. The first-order chi connectivity index (χ1) is 14.8. The standard InChI is InChI=1S/C22H14Cl2N4O2S/c23-16-5-1-14(2-6-16)21-20(13-25)22(15-3-7-17(24)8-4-15)28(27-21)18-9-11-19(12-10-18)31(26,29)30/h1-12H,(H2,26,29,30). The van der Waals surface area contributed by atoms with E-state index < -0.39 is 10.0 Å². The number of rotatable bonds is 4. The lowest BCUT2D eigenvalue weighted by atomic mass is 10.0. The second kappa shape index (κ2) is 8.17. The second-order valence-corrected chi connectivity index (χ2v) is 9.08. The number of primary sulfonamides is 1. The van der Waals surface area contributed by atoms with Gasteiger partial charge >= 0.3 is 0 Å². The average molecular weight is 469 g/mol. The highest BCUT2D eigenvalue weighted by molar-refractivity contribution is 7.89. The van der Waals surface area contributed by atoms with Crippen LogP contribution in [0.4, 0.5) is 0 Å². The first kappa shape index (κ1) is 21.1. The van der Waals surface area contributed by atoms with Crippen LogP contribution in [0.25, 0.3) is 28.2 Å². The Labute approximate surface area is 189 Å². The number of sulfonamides is 1. The highest BCUT2D eigenvalue weighted by Gasteiger charge is 2.22. The zero-order chi connectivity index (χ0) is 22.2. The smallest absolute Gasteiger partial charge is 0.231 e. The van der Waals surface area contributed by atoms with Crippen molar-refractivity contribution in [2.45, 2.75) is 4.90 Å². The molecule has 0 atom stereocenters. The molecule has 9 heteroatoms. The molecule has 0 aliphatic carbocycles. The molecule has 154 valence electrons. The van der Waals surface area contributed by atoms with Gasteiger partial charge in [0.15, 0.2) is 0 Å². The van der Waals surface area contributed by atoms with Gasteiger partial charge in [0.1, 0.15) is 17.3 Å². The Morgan fingerprint density at radius 3 is 1.84 bits per heavy atom. The van der Waals surface area contributed by atoms with Crippen LogP contribution in [0.1, 0.15) is 5.56 Å². The zero-order valence-electron chi connectivity index (χ0n) is 15.8. The van der Waals surface area contributed by atoms with E-state index in [1.165, 1.54) is 12.1 Å². The van der Waals surface area contributed by atoms with Gasteiger partial charge < -0.3 is 0 Å². The van der Waals surface area contributed by atoms with Crippen LogP contribution in [-0.2, 0) is 10.0 Å². The number of nitrogens with two attached hydrogens (primary N) is 1. The number of nitriles is 1. The normalized spacial score (nSPS) is 11.3. The molecule has 0 spiro atoms. The fourth-order valence-electron chi connectivity index (χ4n) is 3.17. The lowest BCUT2D eigenvalue weighted by molar-refractivity contribution is 0.598. The van der Waals surface area contributed by atoms with Crippen molar-refractivity contribution >= 4 is 33.2 Å². The van der Waals surface area contributed by atoms with E-state index in [1.807, 2.05) is 0 Å². The maximum Gasteiger partial charge on any atom is 0.238 e. The summed E-state index contributed by atoms with van der Waals surface area (Å²) in [6.45, 7) is 0. The number of nitrogens with zero attached hydrogens (tertiary/aromatic N) is 3. The molecule has 0 radical (unpaired) electrons. The van der Waals surface area contributed by atoms with E-state index in [9.17, 15) is 13.7 Å². The Kier molecular flexibility index (Phi) is 5.56. The molecule has 6 nitrogen and oxygen atoms in total. The molecule has 0 saturated carbocycles. The highest BCUT2D eigenvalue weighted by Crippen LogP contribution is 2.35. The van der Waals surface area contributed by atoms with Gasteiger partial charge in [-0.2, -0.15) is 10.4 Å². The predicted octanol–water partition coefficient (Wildman–Crippen LogP) is 5.03. The summed E-state index contributed by atoms with van der Waals surface area (Å²) >= 11 is 12.0. The molecule has 4 aromatic rings. The molecule has 3 aromatic carbocycles. The fraction of sp³-hybridized carbons (Fsp3) is 0. The van der Waals surface area contributed by atoms with Gasteiger partial charge in [-0.3, -0.25) is 0 Å². The Morgan fingerprint density at radius 1 is 0.839 bits per heavy atom. The molecule has 0 aliphatic heterocycles. The number of halogens is 2. The SMILES string of the molecule is N#Cc1c(-c2ccc(Cl)cc2)nn(-c2ccc(S(N)(=O)=O)cc2)c1-c1ccc(Cl)cc1. The number of hydrogen-bond donors (Lipinski definition) is 1. The molecule has 0 aliphatic rings. The Hall–Kier alpha value is -3.15. The molecule has 0 amide bonds. The summed E-state index contributed by atoms with van der Waals surface area (Å²) in [4.78, 5) is -0.0186. The molecule has 4 rings (SSSR count). The minimum absolute atomic E-state index is 0.0186. The first-order valence-electron chi connectivity index (χ1n) is 8.96. The van der Waals surface area contributed by atoms with Gasteiger partial charge in [-0.1, -0.05) is 47.5 Å². The predicted molar refractivity (Wildman–Crippen MR) is 121 cm³/mol. The second-order valence-electron chi connectivity index (χ2n) is 6.65. The van der Waals surface area contributed by atoms with Crippen molar-refractivity contribution in [2.75, 3.05) is 0 Å². The van der Waals surface area contributed by atoms with E-state index in [0.29, 0.717) is 32.7 Å². The Morgan fingerprint density at radius 2 is 1.35 bits per heavy atom. The van der Waals surface area contributed by atoms with E-state index in [0.717, 1.165) is 11.1 Å². The number of benzene rings is 3. The van der Waals surface area contributed by atoms with Gasteiger partial charge in [-0.15, -0.1) is 0 Å². The van der Waals surface area contributed by atoms with Crippen molar-refractivity contribution in [1.29, 1.82) is 5.26 Å². The molecule has 1 aromatic heterocycles. The molecule has 31 heavy (non-hydrogen) atoms. The van der Waals surface area contributed by atoms with Crippen LogP contribution in [-0.4, -0.2) is 18.2 Å².